The number of rotatable bonds is 6. The van der Waals surface area contributed by atoms with Crippen LogP contribution in [0.1, 0.15) is 15.9 Å². The zero-order valence-electron chi connectivity index (χ0n) is 19.3. The molecule has 2 aromatic heterocycles. The lowest BCUT2D eigenvalue weighted by Crippen LogP contribution is -3.00. The number of imidazole rings is 1. The van der Waals surface area contributed by atoms with Gasteiger partial charge in [-0.25, -0.2) is 9.13 Å². The van der Waals surface area contributed by atoms with E-state index in [4.69, 9.17) is 4.42 Å². The van der Waals surface area contributed by atoms with Crippen LogP contribution in [0, 0.1) is 0 Å². The summed E-state index contributed by atoms with van der Waals surface area (Å²) in [6.45, 7) is 0.897. The lowest BCUT2D eigenvalue weighted by molar-refractivity contribution is -0.662. The molecule has 6 rings (SSSR count). The molecule has 4 aromatic carbocycles. The third-order valence-electron chi connectivity index (χ3n) is 6.32. The Morgan fingerprint density at radius 3 is 2.33 bits per heavy atom. The SMILES string of the molecule is O=C(Cn1c[n+](Cc2c(-c3ccccc3)oc3ccccc23)c2ccccc21)c1ccc(Br)cc1.[Br-]. The molecule has 0 spiro atoms. The molecule has 0 aliphatic carbocycles. The lowest BCUT2D eigenvalue weighted by Gasteiger charge is -2.02. The number of carbonyl (C=O) groups is 1. The van der Waals surface area contributed by atoms with Gasteiger partial charge in [-0.05, 0) is 30.3 Å². The second kappa shape index (κ2) is 10.2. The molecule has 2 heterocycles. The van der Waals surface area contributed by atoms with Gasteiger partial charge in [0.05, 0.1) is 0 Å². The van der Waals surface area contributed by atoms with Crippen LogP contribution >= 0.6 is 15.9 Å². The maximum atomic E-state index is 13.0. The predicted octanol–water partition coefficient (Wildman–Crippen LogP) is 4.04. The normalized spacial score (nSPS) is 11.0. The number of ketones is 1. The molecule has 0 N–H and O–H groups in total. The van der Waals surface area contributed by atoms with Gasteiger partial charge < -0.3 is 21.4 Å². The Labute approximate surface area is 227 Å². The molecule has 6 heteroatoms. The van der Waals surface area contributed by atoms with Gasteiger partial charge >= 0.3 is 0 Å². The van der Waals surface area contributed by atoms with Gasteiger partial charge in [-0.2, -0.15) is 0 Å². The van der Waals surface area contributed by atoms with Crippen LogP contribution < -0.4 is 21.5 Å². The van der Waals surface area contributed by atoms with E-state index in [1.807, 2.05) is 83.7 Å². The summed E-state index contributed by atoms with van der Waals surface area (Å²) in [6, 6.07) is 34.1. The fourth-order valence-corrected chi connectivity index (χ4v) is 4.89. The highest BCUT2D eigenvalue weighted by atomic mass is 79.9. The van der Waals surface area contributed by atoms with Gasteiger partial charge in [0.1, 0.15) is 17.9 Å². The highest BCUT2D eigenvalue weighted by Gasteiger charge is 2.23. The van der Waals surface area contributed by atoms with Gasteiger partial charge in [0, 0.05) is 26.5 Å². The molecule has 0 bridgehead atoms. The number of fused-ring (bicyclic) bond motifs is 2. The van der Waals surface area contributed by atoms with Crippen molar-refractivity contribution >= 4 is 43.7 Å². The number of benzene rings is 4. The fourth-order valence-electron chi connectivity index (χ4n) is 4.63. The summed E-state index contributed by atoms with van der Waals surface area (Å²) < 4.78 is 11.5. The third kappa shape index (κ3) is 4.54. The van der Waals surface area contributed by atoms with Crippen LogP contribution in [0.5, 0.6) is 0 Å². The molecular formula is C30H22Br2N2O2. The van der Waals surface area contributed by atoms with Crippen molar-refractivity contribution in [1.82, 2.24) is 4.57 Å². The number of aromatic nitrogens is 2. The monoisotopic (exact) mass is 600 g/mol. The van der Waals surface area contributed by atoms with E-state index in [1.165, 1.54) is 0 Å². The van der Waals surface area contributed by atoms with Crippen LogP contribution in [0.25, 0.3) is 33.3 Å². The molecule has 0 aliphatic heterocycles. The second-order valence-corrected chi connectivity index (χ2v) is 9.48. The van der Waals surface area contributed by atoms with Crippen molar-refractivity contribution < 1.29 is 30.8 Å². The summed E-state index contributed by atoms with van der Waals surface area (Å²) in [6.07, 6.45) is 2.04. The van der Waals surface area contributed by atoms with Gasteiger partial charge in [-0.1, -0.05) is 88.7 Å². The summed E-state index contributed by atoms with van der Waals surface area (Å²) in [5.74, 6) is 0.950. The first-order valence-corrected chi connectivity index (χ1v) is 12.3. The quantitative estimate of drug-likeness (QED) is 0.214. The number of Topliss-reactive ketones (excluding diaryl/α,β-unsaturated/α-hetero) is 1. The van der Waals surface area contributed by atoms with E-state index in [0.717, 1.165) is 43.4 Å². The van der Waals surface area contributed by atoms with E-state index < -0.39 is 0 Å². The van der Waals surface area contributed by atoms with E-state index in [-0.39, 0.29) is 29.3 Å². The number of carbonyl (C=O) groups excluding carboxylic acids is 1. The maximum Gasteiger partial charge on any atom is 0.245 e. The largest absolute Gasteiger partial charge is 1.00 e. The Balaban J connectivity index is 0.00000267. The molecule has 0 fully saturated rings. The van der Waals surface area contributed by atoms with Crippen molar-refractivity contribution in [2.24, 2.45) is 0 Å². The van der Waals surface area contributed by atoms with E-state index in [2.05, 4.69) is 50.8 Å². The molecule has 0 unspecified atom stereocenters. The summed E-state index contributed by atoms with van der Waals surface area (Å²) in [4.78, 5) is 13.0. The Bertz CT molecular complexity index is 1670. The minimum atomic E-state index is 0. The molecular weight excluding hydrogens is 580 g/mol. The van der Waals surface area contributed by atoms with Gasteiger partial charge in [-0.15, -0.1) is 0 Å². The summed E-state index contributed by atoms with van der Waals surface area (Å²) in [5.41, 5.74) is 5.83. The van der Waals surface area contributed by atoms with E-state index in [0.29, 0.717) is 12.1 Å². The van der Waals surface area contributed by atoms with Gasteiger partial charge in [0.2, 0.25) is 12.1 Å². The van der Waals surface area contributed by atoms with Crippen LogP contribution in [0.2, 0.25) is 0 Å². The van der Waals surface area contributed by atoms with Crippen LogP contribution in [0.4, 0.5) is 0 Å². The van der Waals surface area contributed by atoms with E-state index in [1.54, 1.807) is 0 Å². The molecule has 0 atom stereocenters. The predicted molar refractivity (Wildman–Crippen MR) is 141 cm³/mol. The van der Waals surface area contributed by atoms with Crippen molar-refractivity contribution in [3.8, 4) is 11.3 Å². The Hall–Kier alpha value is -3.48. The minimum Gasteiger partial charge on any atom is -1.00 e. The zero-order valence-corrected chi connectivity index (χ0v) is 22.4. The molecule has 0 aliphatic rings. The molecule has 0 radical (unpaired) electrons. The summed E-state index contributed by atoms with van der Waals surface area (Å²) in [5, 5.41) is 1.10. The Kier molecular flexibility index (Phi) is 6.90. The number of nitrogens with zero attached hydrogens (tertiary/aromatic N) is 2. The third-order valence-corrected chi connectivity index (χ3v) is 6.85. The first-order chi connectivity index (χ1) is 17.2. The van der Waals surface area contributed by atoms with Crippen LogP contribution in [0.15, 0.2) is 118 Å². The summed E-state index contributed by atoms with van der Waals surface area (Å²) in [7, 11) is 0. The fraction of sp³-hybridized carbons (Fsp3) is 0.0667. The molecule has 0 saturated carbocycles. The average Bonchev–Trinajstić information content (AvgIpc) is 3.44. The first-order valence-electron chi connectivity index (χ1n) is 11.5. The molecule has 0 amide bonds. The van der Waals surface area contributed by atoms with Crippen molar-refractivity contribution in [1.29, 1.82) is 0 Å². The van der Waals surface area contributed by atoms with Crippen LogP contribution in [-0.2, 0) is 13.1 Å². The first kappa shape index (κ1) is 24.2. The summed E-state index contributed by atoms with van der Waals surface area (Å²) >= 11 is 3.44. The van der Waals surface area contributed by atoms with Crippen LogP contribution in [-0.4, -0.2) is 10.4 Å². The molecule has 4 nitrogen and oxygen atoms in total. The Morgan fingerprint density at radius 2 is 1.53 bits per heavy atom. The number of furan rings is 1. The standard InChI is InChI=1S/C30H22BrN2O2.BrH/c31-23-16-14-21(15-17-23)28(34)19-33-20-32(26-11-5-6-12-27(26)33)18-25-24-10-4-7-13-29(24)35-30(25)22-8-2-1-3-9-22;/h1-17,20H,18-19H2;1H/q+1;/p-1. The number of hydrogen-bond donors (Lipinski definition) is 0. The highest BCUT2D eigenvalue weighted by molar-refractivity contribution is 9.10. The number of halogens is 2. The second-order valence-electron chi connectivity index (χ2n) is 8.56. The van der Waals surface area contributed by atoms with Gasteiger partial charge in [-0.3, -0.25) is 4.79 Å². The van der Waals surface area contributed by atoms with Gasteiger partial charge in [0.15, 0.2) is 17.6 Å². The van der Waals surface area contributed by atoms with Crippen molar-refractivity contribution in [2.75, 3.05) is 0 Å². The van der Waals surface area contributed by atoms with Crippen molar-refractivity contribution in [3.63, 3.8) is 0 Å². The molecule has 36 heavy (non-hydrogen) atoms. The number of hydrogen-bond acceptors (Lipinski definition) is 2. The average molecular weight is 602 g/mol. The highest BCUT2D eigenvalue weighted by Crippen LogP contribution is 2.33. The minimum absolute atomic E-state index is 0. The number of para-hydroxylation sites is 3. The molecule has 0 saturated heterocycles. The lowest BCUT2D eigenvalue weighted by atomic mass is 10.1. The molecule has 178 valence electrons. The zero-order chi connectivity index (χ0) is 23.8. The van der Waals surface area contributed by atoms with Crippen LogP contribution in [0.3, 0.4) is 0 Å². The van der Waals surface area contributed by atoms with E-state index in [9.17, 15) is 4.79 Å². The van der Waals surface area contributed by atoms with Crippen molar-refractivity contribution in [3.05, 3.63) is 125 Å². The van der Waals surface area contributed by atoms with Gasteiger partial charge in [0.25, 0.3) is 0 Å². The smallest absolute Gasteiger partial charge is 0.245 e. The molecule has 6 aromatic rings. The van der Waals surface area contributed by atoms with Crippen molar-refractivity contribution in [2.45, 2.75) is 13.1 Å². The van der Waals surface area contributed by atoms with E-state index >= 15 is 0 Å². The Morgan fingerprint density at radius 1 is 0.833 bits per heavy atom. The maximum absolute atomic E-state index is 13.0. The topological polar surface area (TPSA) is 39.0 Å².